The summed E-state index contributed by atoms with van der Waals surface area (Å²) in [5.74, 6) is 0. The largest absolute Gasteiger partial charge is 0.394 e. The summed E-state index contributed by atoms with van der Waals surface area (Å²) in [4.78, 5) is 2.33. The van der Waals surface area contributed by atoms with Gasteiger partial charge in [0.05, 0.1) is 13.2 Å². The Hall–Kier alpha value is -0.890. The molecule has 80 valence electrons. The van der Waals surface area contributed by atoms with Crippen LogP contribution < -0.4 is 0 Å². The minimum atomic E-state index is -2.18. The molecule has 8 heteroatoms. The maximum Gasteiger partial charge on any atom is 0.195 e. The first-order valence-electron chi connectivity index (χ1n) is 3.92. The molecule has 0 amide bonds. The van der Waals surface area contributed by atoms with Gasteiger partial charge in [0, 0.05) is 4.91 Å². The summed E-state index contributed by atoms with van der Waals surface area (Å²) in [6.07, 6.45) is -4.16. The smallest absolute Gasteiger partial charge is 0.195 e. The second-order valence-electron chi connectivity index (χ2n) is 3.04. The molecule has 0 saturated carbocycles. The molecule has 1 aliphatic heterocycles. The highest BCUT2D eigenvalue weighted by atomic mass is 16.5. The molecule has 0 bridgehead atoms. The average Bonchev–Trinajstić information content (AvgIpc) is 2.16. The Kier molecular flexibility index (Phi) is 3.27. The maximum absolute atomic E-state index is 9.49. The Labute approximate surface area is 79.0 Å². The Morgan fingerprint density at radius 3 is 2.71 bits per heavy atom. The molecule has 1 aliphatic rings. The van der Waals surface area contributed by atoms with E-state index < -0.39 is 37.3 Å². The van der Waals surface area contributed by atoms with Crippen LogP contribution in [-0.2, 0) is 4.74 Å². The molecule has 4 atom stereocenters. The van der Waals surface area contributed by atoms with Gasteiger partial charge in [-0.15, -0.1) is 0 Å². The number of aliphatic hydroxyl groups excluding tert-OH is 3. The Morgan fingerprint density at radius 2 is 2.21 bits per heavy atom. The summed E-state index contributed by atoms with van der Waals surface area (Å²) in [7, 11) is 0. The quantitative estimate of drug-likeness (QED) is 0.237. The van der Waals surface area contributed by atoms with Crippen molar-refractivity contribution in [2.24, 2.45) is 5.11 Å². The molecule has 1 fully saturated rings. The topological polar surface area (TPSA) is 139 Å². The molecule has 0 unspecified atom stereocenters. The molecule has 8 nitrogen and oxygen atoms in total. The van der Waals surface area contributed by atoms with E-state index in [1.807, 2.05) is 0 Å². The molecule has 0 aromatic carbocycles. The Morgan fingerprint density at radius 1 is 1.57 bits per heavy atom. The van der Waals surface area contributed by atoms with E-state index in [1.165, 1.54) is 0 Å². The van der Waals surface area contributed by atoms with Crippen LogP contribution in [-0.4, -0.2) is 57.7 Å². The highest BCUT2D eigenvalue weighted by Gasteiger charge is 2.47. The molecule has 0 spiro atoms. The molecular weight excluding hydrogens is 194 g/mol. The molecule has 0 radical (unpaired) electrons. The molecular formula is C6H11N3O5. The molecule has 1 saturated heterocycles. The predicted octanol–water partition coefficient (Wildman–Crippen LogP) is -1.90. The number of ether oxygens (including phenoxy) is 1. The van der Waals surface area contributed by atoms with Gasteiger partial charge in [-0.2, -0.15) is 0 Å². The molecule has 1 rings (SSSR count). The normalized spacial score (nSPS) is 43.0. The molecule has 1 heterocycles. The summed E-state index contributed by atoms with van der Waals surface area (Å²) in [5, 5.41) is 39.8. The van der Waals surface area contributed by atoms with E-state index in [1.54, 1.807) is 0 Å². The van der Waals surface area contributed by atoms with Gasteiger partial charge in [0.1, 0.15) is 18.3 Å². The average molecular weight is 205 g/mol. The van der Waals surface area contributed by atoms with Crippen molar-refractivity contribution in [1.29, 1.82) is 0 Å². The number of azide groups is 1. The monoisotopic (exact) mass is 205 g/mol. The highest BCUT2D eigenvalue weighted by Crippen LogP contribution is 2.25. The van der Waals surface area contributed by atoms with Crippen molar-refractivity contribution < 1.29 is 25.2 Å². The van der Waals surface area contributed by atoms with Crippen molar-refractivity contribution in [3.63, 3.8) is 0 Å². The zero-order valence-corrected chi connectivity index (χ0v) is 7.19. The highest BCUT2D eigenvalue weighted by molar-refractivity contribution is 4.96. The second-order valence-corrected chi connectivity index (χ2v) is 3.04. The standard InChI is InChI=1S/C6H11N3O5/c7-9-8-6(13)2-14-3(1-10)4(11)5(6)12/h3-5,10-13H,1-2H2/t3-,4-,5+,6+/m1/s1. The number of aliphatic hydroxyl groups is 4. The van der Waals surface area contributed by atoms with Gasteiger partial charge in [-0.25, -0.2) is 0 Å². The van der Waals surface area contributed by atoms with Crippen LogP contribution in [0, 0.1) is 0 Å². The fourth-order valence-corrected chi connectivity index (χ4v) is 1.22. The molecule has 14 heavy (non-hydrogen) atoms. The van der Waals surface area contributed by atoms with E-state index >= 15 is 0 Å². The van der Waals surface area contributed by atoms with Gasteiger partial charge in [-0.05, 0) is 5.53 Å². The number of hydrogen-bond donors (Lipinski definition) is 4. The fourth-order valence-electron chi connectivity index (χ4n) is 1.22. The molecule has 0 aromatic heterocycles. The maximum atomic E-state index is 9.49. The number of nitrogens with zero attached hydrogens (tertiary/aromatic N) is 3. The van der Waals surface area contributed by atoms with E-state index in [9.17, 15) is 15.3 Å². The Bertz CT molecular complexity index is 256. The fraction of sp³-hybridized carbons (Fsp3) is 1.00. The van der Waals surface area contributed by atoms with E-state index in [-0.39, 0.29) is 0 Å². The first kappa shape index (κ1) is 11.2. The molecule has 0 aliphatic carbocycles. The summed E-state index contributed by atoms with van der Waals surface area (Å²) < 4.78 is 4.80. The van der Waals surface area contributed by atoms with Crippen LogP contribution >= 0.6 is 0 Å². The lowest BCUT2D eigenvalue weighted by Crippen LogP contribution is -2.60. The van der Waals surface area contributed by atoms with Gasteiger partial charge in [-0.3, -0.25) is 0 Å². The third-order valence-electron chi connectivity index (χ3n) is 2.09. The van der Waals surface area contributed by atoms with Crippen LogP contribution in [0.25, 0.3) is 10.4 Å². The molecule has 4 N–H and O–H groups in total. The summed E-state index contributed by atoms with van der Waals surface area (Å²) in [5.41, 5.74) is 5.93. The van der Waals surface area contributed by atoms with E-state index in [2.05, 4.69) is 10.0 Å². The second kappa shape index (κ2) is 4.09. The van der Waals surface area contributed by atoms with Gasteiger partial charge in [0.15, 0.2) is 5.72 Å². The van der Waals surface area contributed by atoms with Crippen LogP contribution in [0.2, 0.25) is 0 Å². The zero-order chi connectivity index (χ0) is 10.8. The van der Waals surface area contributed by atoms with Crippen molar-refractivity contribution in [3.8, 4) is 0 Å². The summed E-state index contributed by atoms with van der Waals surface area (Å²) in [6.45, 7) is -0.967. The predicted molar refractivity (Wildman–Crippen MR) is 42.9 cm³/mol. The number of rotatable bonds is 2. The van der Waals surface area contributed by atoms with Crippen molar-refractivity contribution >= 4 is 0 Å². The van der Waals surface area contributed by atoms with Gasteiger partial charge in [0.2, 0.25) is 0 Å². The summed E-state index contributed by atoms with van der Waals surface area (Å²) >= 11 is 0. The minimum Gasteiger partial charge on any atom is -0.394 e. The van der Waals surface area contributed by atoms with Gasteiger partial charge in [-0.1, -0.05) is 5.11 Å². The van der Waals surface area contributed by atoms with E-state index in [0.717, 1.165) is 0 Å². The lowest BCUT2D eigenvalue weighted by atomic mass is 9.96. The van der Waals surface area contributed by atoms with E-state index in [4.69, 9.17) is 15.4 Å². The summed E-state index contributed by atoms with van der Waals surface area (Å²) in [6, 6.07) is 0. The van der Waals surface area contributed by atoms with Crippen molar-refractivity contribution in [1.82, 2.24) is 0 Å². The number of hydrogen-bond acceptors (Lipinski definition) is 6. The van der Waals surface area contributed by atoms with Crippen LogP contribution in [0.5, 0.6) is 0 Å². The first-order valence-corrected chi connectivity index (χ1v) is 3.92. The van der Waals surface area contributed by atoms with Crippen LogP contribution in [0.4, 0.5) is 0 Å². The van der Waals surface area contributed by atoms with Crippen LogP contribution in [0.3, 0.4) is 0 Å². The van der Waals surface area contributed by atoms with Gasteiger partial charge >= 0.3 is 0 Å². The third-order valence-corrected chi connectivity index (χ3v) is 2.09. The van der Waals surface area contributed by atoms with E-state index in [0.29, 0.717) is 0 Å². The van der Waals surface area contributed by atoms with Crippen LogP contribution in [0.15, 0.2) is 5.11 Å². The van der Waals surface area contributed by atoms with Gasteiger partial charge < -0.3 is 25.2 Å². The lowest BCUT2D eigenvalue weighted by molar-refractivity contribution is -0.237. The van der Waals surface area contributed by atoms with Crippen molar-refractivity contribution in [2.75, 3.05) is 13.2 Å². The lowest BCUT2D eigenvalue weighted by Gasteiger charge is -2.39. The Balaban J connectivity index is 2.82. The van der Waals surface area contributed by atoms with Crippen molar-refractivity contribution in [3.05, 3.63) is 10.4 Å². The first-order chi connectivity index (χ1) is 6.55. The zero-order valence-electron chi connectivity index (χ0n) is 7.19. The van der Waals surface area contributed by atoms with Gasteiger partial charge in [0.25, 0.3) is 0 Å². The molecule has 0 aromatic rings. The minimum absolute atomic E-state index is 0.472. The van der Waals surface area contributed by atoms with Crippen LogP contribution in [0.1, 0.15) is 0 Å². The van der Waals surface area contributed by atoms with Crippen molar-refractivity contribution in [2.45, 2.75) is 24.0 Å². The SMILES string of the molecule is [N-]=[N+]=N[C@]1(O)CO[C@H](CO)[C@@H](O)[C@@H]1O. The third kappa shape index (κ3) is 1.80.